The fraction of sp³-hybridized carbons (Fsp3) is 0.278. The predicted molar refractivity (Wildman–Crippen MR) is 103 cm³/mol. The van der Waals surface area contributed by atoms with Crippen LogP contribution in [0.2, 0.25) is 10.0 Å². The highest BCUT2D eigenvalue weighted by atomic mass is 79.9. The Morgan fingerprint density at radius 1 is 1.21 bits per heavy atom. The van der Waals surface area contributed by atoms with E-state index in [1.165, 1.54) is 5.56 Å². The maximum Gasteiger partial charge on any atom is 0.224 e. The average Bonchev–Trinajstić information content (AvgIpc) is 2.55. The minimum atomic E-state index is -0.108. The molecule has 0 fully saturated rings. The smallest absolute Gasteiger partial charge is 0.224 e. The van der Waals surface area contributed by atoms with Crippen LogP contribution in [0.1, 0.15) is 25.3 Å². The summed E-state index contributed by atoms with van der Waals surface area (Å²) in [5.41, 5.74) is 1.80. The number of rotatable bonds is 7. The molecule has 2 rings (SSSR count). The second-order valence-electron chi connectivity index (χ2n) is 5.24. The summed E-state index contributed by atoms with van der Waals surface area (Å²) < 4.78 is 6.64. The Kier molecular flexibility index (Phi) is 7.40. The van der Waals surface area contributed by atoms with Gasteiger partial charge in [0.2, 0.25) is 5.91 Å². The third-order valence-corrected chi connectivity index (χ3v) is 4.58. The molecule has 1 amide bonds. The summed E-state index contributed by atoms with van der Waals surface area (Å²) in [6.45, 7) is 2.57. The second kappa shape index (κ2) is 9.30. The Hall–Kier alpha value is -1.23. The second-order valence-corrected chi connectivity index (χ2v) is 6.94. The molecule has 0 atom stereocenters. The summed E-state index contributed by atoms with van der Waals surface area (Å²) in [5, 5.41) is 3.72. The van der Waals surface area contributed by atoms with Gasteiger partial charge >= 0.3 is 0 Å². The summed E-state index contributed by atoms with van der Waals surface area (Å²) in [7, 11) is 0. The Balaban J connectivity index is 1.76. The molecule has 128 valence electrons. The van der Waals surface area contributed by atoms with Crippen LogP contribution in [0, 0.1) is 0 Å². The molecular formula is C18H18BrCl2NO2. The number of nitrogens with one attached hydrogen (secondary N) is 1. The summed E-state index contributed by atoms with van der Waals surface area (Å²) in [6, 6.07) is 11.0. The van der Waals surface area contributed by atoms with Crippen LogP contribution in [0.25, 0.3) is 0 Å². The van der Waals surface area contributed by atoms with Gasteiger partial charge in [0, 0.05) is 11.4 Å². The van der Waals surface area contributed by atoms with E-state index >= 15 is 0 Å². The number of hydrogen-bond acceptors (Lipinski definition) is 2. The molecule has 0 bridgehead atoms. The molecule has 0 aliphatic rings. The Morgan fingerprint density at radius 2 is 2.00 bits per heavy atom. The van der Waals surface area contributed by atoms with E-state index in [-0.39, 0.29) is 5.91 Å². The van der Waals surface area contributed by atoms with E-state index in [0.29, 0.717) is 35.2 Å². The van der Waals surface area contributed by atoms with Crippen molar-refractivity contribution in [3.8, 4) is 5.75 Å². The van der Waals surface area contributed by atoms with Gasteiger partial charge < -0.3 is 10.1 Å². The first-order valence-electron chi connectivity index (χ1n) is 7.65. The molecule has 0 saturated carbocycles. The van der Waals surface area contributed by atoms with Crippen molar-refractivity contribution in [2.24, 2.45) is 0 Å². The van der Waals surface area contributed by atoms with Crippen LogP contribution in [0.15, 0.2) is 40.9 Å². The summed E-state index contributed by atoms with van der Waals surface area (Å²) in [5.74, 6) is 0.677. The number of ether oxygens (including phenoxy) is 1. The largest absolute Gasteiger partial charge is 0.492 e. The molecule has 0 aliphatic heterocycles. The molecule has 2 aromatic carbocycles. The molecular weight excluding hydrogens is 413 g/mol. The third kappa shape index (κ3) is 5.69. The topological polar surface area (TPSA) is 38.3 Å². The standard InChI is InChI=1S/C18H18BrCl2NO2/c1-2-12-5-8-17(14(19)10-12)24-9-3-4-18(23)22-16-7-6-13(20)11-15(16)21/h5-8,10-11H,2-4,9H2,1H3,(H,22,23). The molecule has 3 nitrogen and oxygen atoms in total. The van der Waals surface area contributed by atoms with Crippen molar-refractivity contribution in [3.05, 3.63) is 56.5 Å². The van der Waals surface area contributed by atoms with Crippen LogP contribution in [-0.2, 0) is 11.2 Å². The number of carbonyl (C=O) groups excluding carboxylic acids is 1. The number of carbonyl (C=O) groups is 1. The van der Waals surface area contributed by atoms with Crippen molar-refractivity contribution in [2.75, 3.05) is 11.9 Å². The first-order valence-corrected chi connectivity index (χ1v) is 9.20. The number of hydrogen-bond donors (Lipinski definition) is 1. The SMILES string of the molecule is CCc1ccc(OCCCC(=O)Nc2ccc(Cl)cc2Cl)c(Br)c1. The Morgan fingerprint density at radius 3 is 2.67 bits per heavy atom. The number of aryl methyl sites for hydroxylation is 1. The summed E-state index contributed by atoms with van der Waals surface area (Å²) in [4.78, 5) is 11.9. The van der Waals surface area contributed by atoms with E-state index in [2.05, 4.69) is 28.2 Å². The molecule has 0 aromatic heterocycles. The Labute approximate surface area is 160 Å². The van der Waals surface area contributed by atoms with Crippen molar-refractivity contribution < 1.29 is 9.53 Å². The van der Waals surface area contributed by atoms with Crippen LogP contribution in [0.5, 0.6) is 5.75 Å². The minimum Gasteiger partial charge on any atom is -0.492 e. The van der Waals surface area contributed by atoms with E-state index in [9.17, 15) is 4.79 Å². The van der Waals surface area contributed by atoms with Gasteiger partial charge in [0.25, 0.3) is 0 Å². The quantitative estimate of drug-likeness (QED) is 0.537. The Bertz CT molecular complexity index is 722. The van der Waals surface area contributed by atoms with Crippen LogP contribution >= 0.6 is 39.1 Å². The maximum atomic E-state index is 11.9. The van der Waals surface area contributed by atoms with E-state index in [1.54, 1.807) is 18.2 Å². The molecule has 2 aromatic rings. The lowest BCUT2D eigenvalue weighted by molar-refractivity contribution is -0.116. The highest BCUT2D eigenvalue weighted by Crippen LogP contribution is 2.27. The lowest BCUT2D eigenvalue weighted by Crippen LogP contribution is -2.13. The van der Waals surface area contributed by atoms with Crippen LogP contribution in [0.3, 0.4) is 0 Å². The number of anilines is 1. The van der Waals surface area contributed by atoms with Crippen molar-refractivity contribution in [1.29, 1.82) is 0 Å². The van der Waals surface area contributed by atoms with Gasteiger partial charge in [-0.25, -0.2) is 0 Å². The molecule has 0 heterocycles. The monoisotopic (exact) mass is 429 g/mol. The summed E-state index contributed by atoms with van der Waals surface area (Å²) >= 11 is 15.4. The predicted octanol–water partition coefficient (Wildman–Crippen LogP) is 6.12. The number of benzene rings is 2. The van der Waals surface area contributed by atoms with E-state index in [1.807, 2.05) is 18.2 Å². The highest BCUT2D eigenvalue weighted by Gasteiger charge is 2.07. The molecule has 0 spiro atoms. The average molecular weight is 431 g/mol. The van der Waals surface area contributed by atoms with Crippen molar-refractivity contribution in [1.82, 2.24) is 0 Å². The van der Waals surface area contributed by atoms with E-state index < -0.39 is 0 Å². The van der Waals surface area contributed by atoms with Crippen molar-refractivity contribution >= 4 is 50.7 Å². The van der Waals surface area contributed by atoms with Gasteiger partial charge in [-0.1, -0.05) is 36.2 Å². The van der Waals surface area contributed by atoms with Crippen LogP contribution < -0.4 is 10.1 Å². The van der Waals surface area contributed by atoms with Gasteiger partial charge in [-0.2, -0.15) is 0 Å². The lowest BCUT2D eigenvalue weighted by Gasteiger charge is -2.10. The highest BCUT2D eigenvalue weighted by molar-refractivity contribution is 9.10. The molecule has 24 heavy (non-hydrogen) atoms. The summed E-state index contributed by atoms with van der Waals surface area (Å²) in [6.07, 6.45) is 1.94. The first kappa shape index (κ1) is 19.1. The molecule has 0 unspecified atom stereocenters. The van der Waals surface area contributed by atoms with Gasteiger partial charge in [0.05, 0.1) is 21.8 Å². The zero-order chi connectivity index (χ0) is 17.5. The normalized spacial score (nSPS) is 10.5. The zero-order valence-electron chi connectivity index (χ0n) is 13.2. The first-order chi connectivity index (χ1) is 11.5. The molecule has 0 radical (unpaired) electrons. The van der Waals surface area contributed by atoms with Gasteiger partial charge in [-0.05, 0) is 64.7 Å². The van der Waals surface area contributed by atoms with Crippen LogP contribution in [-0.4, -0.2) is 12.5 Å². The number of halogens is 3. The third-order valence-electron chi connectivity index (χ3n) is 3.42. The molecule has 6 heteroatoms. The van der Waals surface area contributed by atoms with Crippen molar-refractivity contribution in [3.63, 3.8) is 0 Å². The fourth-order valence-corrected chi connectivity index (χ4v) is 3.10. The minimum absolute atomic E-state index is 0.108. The molecule has 1 N–H and O–H groups in total. The maximum absolute atomic E-state index is 11.9. The zero-order valence-corrected chi connectivity index (χ0v) is 16.3. The fourth-order valence-electron chi connectivity index (χ4n) is 2.10. The van der Waals surface area contributed by atoms with Gasteiger partial charge in [0.1, 0.15) is 5.75 Å². The van der Waals surface area contributed by atoms with Gasteiger partial charge in [0.15, 0.2) is 0 Å². The van der Waals surface area contributed by atoms with Gasteiger partial charge in [-0.15, -0.1) is 0 Å². The molecule has 0 saturated heterocycles. The number of amides is 1. The van der Waals surface area contributed by atoms with Crippen molar-refractivity contribution in [2.45, 2.75) is 26.2 Å². The van der Waals surface area contributed by atoms with E-state index in [4.69, 9.17) is 27.9 Å². The lowest BCUT2D eigenvalue weighted by atomic mass is 10.2. The van der Waals surface area contributed by atoms with E-state index in [0.717, 1.165) is 16.6 Å². The van der Waals surface area contributed by atoms with Gasteiger partial charge in [-0.3, -0.25) is 4.79 Å². The van der Waals surface area contributed by atoms with Crippen LogP contribution in [0.4, 0.5) is 5.69 Å². The molecule has 0 aliphatic carbocycles.